The van der Waals surface area contributed by atoms with Crippen LogP contribution in [0.25, 0.3) is 11.1 Å². The molecule has 0 aromatic heterocycles. The molecule has 0 fully saturated rings. The molecule has 0 aliphatic rings. The van der Waals surface area contributed by atoms with Gasteiger partial charge in [0.2, 0.25) is 0 Å². The Balaban J connectivity index is 1.63. The number of amidine groups is 1. The van der Waals surface area contributed by atoms with Crippen LogP contribution < -0.4 is 11.1 Å². The van der Waals surface area contributed by atoms with Crippen molar-refractivity contribution in [3.8, 4) is 11.1 Å². The van der Waals surface area contributed by atoms with E-state index in [4.69, 9.17) is 11.1 Å². The zero-order valence-electron chi connectivity index (χ0n) is 12.8. The number of nitrogen functional groups attached to an aromatic ring is 1. The molecule has 3 rings (SSSR count). The Hall–Kier alpha value is -3.07. The molecule has 0 heterocycles. The lowest BCUT2D eigenvalue weighted by Crippen LogP contribution is -2.10. The summed E-state index contributed by atoms with van der Waals surface area (Å²) in [5, 5.41) is 10.8. The second-order valence-electron chi connectivity index (χ2n) is 5.41. The highest BCUT2D eigenvalue weighted by Gasteiger charge is 1.99. The van der Waals surface area contributed by atoms with Crippen molar-refractivity contribution < 1.29 is 0 Å². The molecule has 0 aliphatic carbocycles. The lowest BCUT2D eigenvalue weighted by atomic mass is 10.0. The van der Waals surface area contributed by atoms with E-state index in [0.29, 0.717) is 0 Å². The Morgan fingerprint density at radius 1 is 0.783 bits per heavy atom. The number of rotatable bonds is 5. The maximum absolute atomic E-state index is 7.39. The Labute approximate surface area is 136 Å². The molecule has 4 N–H and O–H groups in total. The molecule has 0 radical (unpaired) electrons. The predicted octanol–water partition coefficient (Wildman–Crippen LogP) is 4.25. The summed E-state index contributed by atoms with van der Waals surface area (Å²) in [6.45, 7) is 0.758. The molecule has 114 valence electrons. The number of hydrogen-bond acceptors (Lipinski definition) is 2. The van der Waals surface area contributed by atoms with Gasteiger partial charge >= 0.3 is 0 Å². The lowest BCUT2D eigenvalue weighted by Gasteiger charge is -2.08. The van der Waals surface area contributed by atoms with Crippen LogP contribution in [0.15, 0.2) is 78.9 Å². The molecular weight excluding hydrogens is 282 g/mol. The number of nitrogens with two attached hydrogens (primary N) is 1. The van der Waals surface area contributed by atoms with Crippen molar-refractivity contribution in [1.29, 1.82) is 5.41 Å². The molecule has 0 saturated heterocycles. The SMILES string of the molecule is N=C(N)c1ccc(NCc2ccc(-c3ccccc3)cc2)cc1. The van der Waals surface area contributed by atoms with Crippen LogP contribution in [0.2, 0.25) is 0 Å². The molecule has 3 heteroatoms. The number of nitrogens with one attached hydrogen (secondary N) is 2. The van der Waals surface area contributed by atoms with Crippen LogP contribution in [-0.2, 0) is 6.54 Å². The van der Waals surface area contributed by atoms with Crippen molar-refractivity contribution in [2.24, 2.45) is 5.73 Å². The molecule has 0 aliphatic heterocycles. The Bertz CT molecular complexity index is 775. The number of anilines is 1. The average molecular weight is 301 g/mol. The second kappa shape index (κ2) is 6.79. The fraction of sp³-hybridized carbons (Fsp3) is 0.0500. The lowest BCUT2D eigenvalue weighted by molar-refractivity contribution is 1.15. The summed E-state index contributed by atoms with van der Waals surface area (Å²) in [5.41, 5.74) is 10.9. The minimum absolute atomic E-state index is 0.0908. The van der Waals surface area contributed by atoms with Gasteiger partial charge in [-0.05, 0) is 41.0 Å². The van der Waals surface area contributed by atoms with Crippen molar-refractivity contribution in [3.05, 3.63) is 90.0 Å². The van der Waals surface area contributed by atoms with Gasteiger partial charge in [0.1, 0.15) is 5.84 Å². The first-order valence-corrected chi connectivity index (χ1v) is 7.55. The molecule has 3 aromatic carbocycles. The van der Waals surface area contributed by atoms with Crippen molar-refractivity contribution in [2.45, 2.75) is 6.54 Å². The first-order chi connectivity index (χ1) is 11.2. The van der Waals surface area contributed by atoms with E-state index in [2.05, 4.69) is 53.8 Å². The Morgan fingerprint density at radius 3 is 2.00 bits per heavy atom. The van der Waals surface area contributed by atoms with Crippen LogP contribution in [-0.4, -0.2) is 5.84 Å². The normalized spacial score (nSPS) is 10.3. The van der Waals surface area contributed by atoms with Crippen molar-refractivity contribution in [2.75, 3.05) is 5.32 Å². The molecule has 23 heavy (non-hydrogen) atoms. The third-order valence-electron chi connectivity index (χ3n) is 3.75. The van der Waals surface area contributed by atoms with Gasteiger partial charge in [-0.25, -0.2) is 0 Å². The molecule has 0 atom stereocenters. The average Bonchev–Trinajstić information content (AvgIpc) is 2.61. The van der Waals surface area contributed by atoms with Crippen molar-refractivity contribution >= 4 is 11.5 Å². The first-order valence-electron chi connectivity index (χ1n) is 7.55. The standard InChI is InChI=1S/C20H19N3/c21-20(22)18-10-12-19(13-11-18)23-14-15-6-8-17(9-7-15)16-4-2-1-3-5-16/h1-13,23H,14H2,(H3,21,22). The van der Waals surface area contributed by atoms with Crippen LogP contribution in [0, 0.1) is 5.41 Å². The summed E-state index contributed by atoms with van der Waals surface area (Å²) in [5.74, 6) is 0.0908. The Kier molecular flexibility index (Phi) is 4.39. The highest BCUT2D eigenvalue weighted by atomic mass is 14.9. The second-order valence-corrected chi connectivity index (χ2v) is 5.41. The summed E-state index contributed by atoms with van der Waals surface area (Å²) in [7, 11) is 0. The van der Waals surface area contributed by atoms with Gasteiger partial charge in [0, 0.05) is 17.8 Å². The molecule has 0 unspecified atom stereocenters. The largest absolute Gasteiger partial charge is 0.384 e. The zero-order valence-corrected chi connectivity index (χ0v) is 12.8. The summed E-state index contributed by atoms with van der Waals surface area (Å²) in [6.07, 6.45) is 0. The van der Waals surface area contributed by atoms with Gasteiger partial charge in [-0.1, -0.05) is 54.6 Å². The van der Waals surface area contributed by atoms with Gasteiger partial charge < -0.3 is 11.1 Å². The number of benzene rings is 3. The van der Waals surface area contributed by atoms with Crippen molar-refractivity contribution in [1.82, 2.24) is 0 Å². The maximum atomic E-state index is 7.39. The molecule has 0 amide bonds. The fourth-order valence-electron chi connectivity index (χ4n) is 2.42. The summed E-state index contributed by atoms with van der Waals surface area (Å²) in [4.78, 5) is 0. The molecule has 0 bridgehead atoms. The summed E-state index contributed by atoms with van der Waals surface area (Å²) < 4.78 is 0. The van der Waals surface area contributed by atoms with Gasteiger partial charge in [0.05, 0.1) is 0 Å². The van der Waals surface area contributed by atoms with E-state index in [0.717, 1.165) is 17.8 Å². The third-order valence-corrected chi connectivity index (χ3v) is 3.75. The van der Waals surface area contributed by atoms with E-state index in [1.807, 2.05) is 30.3 Å². The molecular formula is C20H19N3. The van der Waals surface area contributed by atoms with E-state index in [-0.39, 0.29) is 5.84 Å². The third kappa shape index (κ3) is 3.77. The summed E-state index contributed by atoms with van der Waals surface area (Å²) in [6, 6.07) is 26.5. The van der Waals surface area contributed by atoms with Crippen LogP contribution >= 0.6 is 0 Å². The molecule has 0 saturated carbocycles. The quantitative estimate of drug-likeness (QED) is 0.487. The van der Waals surface area contributed by atoms with Gasteiger partial charge in [-0.3, -0.25) is 5.41 Å². The monoisotopic (exact) mass is 301 g/mol. The number of hydrogen-bond donors (Lipinski definition) is 3. The highest BCUT2D eigenvalue weighted by molar-refractivity contribution is 5.95. The predicted molar refractivity (Wildman–Crippen MR) is 96.7 cm³/mol. The summed E-state index contributed by atoms with van der Waals surface area (Å²) >= 11 is 0. The molecule has 0 spiro atoms. The van der Waals surface area contributed by atoms with Crippen LogP contribution in [0.5, 0.6) is 0 Å². The fourth-order valence-corrected chi connectivity index (χ4v) is 2.42. The minimum atomic E-state index is 0.0908. The van der Waals surface area contributed by atoms with E-state index in [9.17, 15) is 0 Å². The van der Waals surface area contributed by atoms with Crippen LogP contribution in [0.3, 0.4) is 0 Å². The van der Waals surface area contributed by atoms with Crippen LogP contribution in [0.1, 0.15) is 11.1 Å². The molecule has 3 aromatic rings. The van der Waals surface area contributed by atoms with E-state index in [1.54, 1.807) is 0 Å². The Morgan fingerprint density at radius 2 is 1.39 bits per heavy atom. The van der Waals surface area contributed by atoms with E-state index in [1.165, 1.54) is 16.7 Å². The highest BCUT2D eigenvalue weighted by Crippen LogP contribution is 2.19. The minimum Gasteiger partial charge on any atom is -0.384 e. The van der Waals surface area contributed by atoms with E-state index >= 15 is 0 Å². The van der Waals surface area contributed by atoms with Crippen molar-refractivity contribution in [3.63, 3.8) is 0 Å². The maximum Gasteiger partial charge on any atom is 0.122 e. The topological polar surface area (TPSA) is 61.9 Å². The van der Waals surface area contributed by atoms with Gasteiger partial charge in [0.15, 0.2) is 0 Å². The van der Waals surface area contributed by atoms with Gasteiger partial charge in [-0.15, -0.1) is 0 Å². The molecule has 3 nitrogen and oxygen atoms in total. The smallest absolute Gasteiger partial charge is 0.122 e. The van der Waals surface area contributed by atoms with Gasteiger partial charge in [-0.2, -0.15) is 0 Å². The first kappa shape index (κ1) is 14.9. The van der Waals surface area contributed by atoms with Gasteiger partial charge in [0.25, 0.3) is 0 Å². The van der Waals surface area contributed by atoms with Crippen LogP contribution in [0.4, 0.5) is 5.69 Å². The zero-order chi connectivity index (χ0) is 16.1. The van der Waals surface area contributed by atoms with E-state index < -0.39 is 0 Å².